The molecule has 1 heterocycles. The Balaban J connectivity index is 2.94. The number of benzene rings is 1. The number of nitrogens with zero attached hydrogens (tertiary/aromatic N) is 3. The van der Waals surface area contributed by atoms with Crippen LogP contribution in [0.4, 0.5) is 10.1 Å². The molecule has 0 aliphatic carbocycles. The van der Waals surface area contributed by atoms with Gasteiger partial charge in [-0.3, -0.25) is 4.68 Å². The second kappa shape index (κ2) is 3.07. The Morgan fingerprint density at radius 1 is 1.57 bits per heavy atom. The van der Waals surface area contributed by atoms with E-state index in [-0.39, 0.29) is 5.69 Å². The summed E-state index contributed by atoms with van der Waals surface area (Å²) in [6, 6.07) is 2.83. The number of hydrogen-bond acceptors (Lipinski definition) is 1. The van der Waals surface area contributed by atoms with E-state index in [1.807, 2.05) is 0 Å². The fourth-order valence-electron chi connectivity index (χ4n) is 1.37. The van der Waals surface area contributed by atoms with Gasteiger partial charge in [-0.15, -0.1) is 0 Å². The normalized spacial score (nSPS) is 10.4. The zero-order valence-corrected chi connectivity index (χ0v) is 8.84. The largest absolute Gasteiger partial charge is 0.264 e. The average molecular weight is 254 g/mol. The Morgan fingerprint density at radius 2 is 2.29 bits per heavy atom. The molecule has 70 valence electrons. The summed E-state index contributed by atoms with van der Waals surface area (Å²) in [5.74, 6) is -0.422. The lowest BCUT2D eigenvalue weighted by molar-refractivity contribution is 0.626. The molecule has 1 aromatic carbocycles. The van der Waals surface area contributed by atoms with Crippen LogP contribution in [0, 0.1) is 12.4 Å². The highest BCUT2D eigenvalue weighted by molar-refractivity contribution is 9.10. The number of halogens is 2. The van der Waals surface area contributed by atoms with E-state index >= 15 is 0 Å². The summed E-state index contributed by atoms with van der Waals surface area (Å²) in [5, 5.41) is 4.64. The second-order valence-electron chi connectivity index (χ2n) is 2.85. The highest BCUT2D eigenvalue weighted by atomic mass is 79.9. The van der Waals surface area contributed by atoms with Gasteiger partial charge in [0, 0.05) is 12.4 Å². The van der Waals surface area contributed by atoms with Crippen LogP contribution in [0.25, 0.3) is 15.7 Å². The van der Waals surface area contributed by atoms with Gasteiger partial charge >= 0.3 is 0 Å². The Labute approximate surface area is 88.1 Å². The predicted octanol–water partition coefficient (Wildman–Crippen LogP) is 3.03. The van der Waals surface area contributed by atoms with Gasteiger partial charge in [0.2, 0.25) is 0 Å². The first-order valence-corrected chi connectivity index (χ1v) is 4.62. The zero-order valence-electron chi connectivity index (χ0n) is 7.25. The van der Waals surface area contributed by atoms with Crippen molar-refractivity contribution in [3.8, 4) is 0 Å². The van der Waals surface area contributed by atoms with E-state index in [9.17, 15) is 4.39 Å². The molecule has 2 rings (SSSR count). The summed E-state index contributed by atoms with van der Waals surface area (Å²) in [6.07, 6.45) is 0. The molecule has 0 atom stereocenters. The predicted molar refractivity (Wildman–Crippen MR) is 54.6 cm³/mol. The molecule has 0 N–H and O–H groups in total. The van der Waals surface area contributed by atoms with Crippen molar-refractivity contribution in [2.75, 3.05) is 0 Å². The zero-order chi connectivity index (χ0) is 10.3. The smallest absolute Gasteiger partial charge is 0.190 e. The van der Waals surface area contributed by atoms with Crippen molar-refractivity contribution in [3.63, 3.8) is 0 Å². The van der Waals surface area contributed by atoms with Gasteiger partial charge in [0.25, 0.3) is 0 Å². The van der Waals surface area contributed by atoms with Crippen molar-refractivity contribution in [2.45, 2.75) is 0 Å². The van der Waals surface area contributed by atoms with Gasteiger partial charge in [-0.05, 0) is 28.1 Å². The molecule has 0 fully saturated rings. The van der Waals surface area contributed by atoms with Crippen molar-refractivity contribution < 1.29 is 4.39 Å². The fraction of sp³-hybridized carbons (Fsp3) is 0.111. The topological polar surface area (TPSA) is 22.2 Å². The lowest BCUT2D eigenvalue weighted by Crippen LogP contribution is -1.91. The quantitative estimate of drug-likeness (QED) is 0.662. The molecule has 0 saturated carbocycles. The summed E-state index contributed by atoms with van der Waals surface area (Å²) in [7, 11) is 1.66. The van der Waals surface area contributed by atoms with Crippen LogP contribution in [0.2, 0.25) is 0 Å². The van der Waals surface area contributed by atoms with Crippen molar-refractivity contribution in [3.05, 3.63) is 34.0 Å². The third-order valence-corrected chi connectivity index (χ3v) is 2.55. The van der Waals surface area contributed by atoms with Crippen LogP contribution >= 0.6 is 15.9 Å². The van der Waals surface area contributed by atoms with Crippen molar-refractivity contribution in [1.29, 1.82) is 0 Å². The van der Waals surface area contributed by atoms with Gasteiger partial charge in [0.15, 0.2) is 5.69 Å². The van der Waals surface area contributed by atoms with E-state index in [1.54, 1.807) is 13.1 Å². The highest BCUT2D eigenvalue weighted by Crippen LogP contribution is 2.29. The summed E-state index contributed by atoms with van der Waals surface area (Å²) < 4.78 is 15.5. The van der Waals surface area contributed by atoms with Crippen LogP contribution in [-0.4, -0.2) is 9.78 Å². The molecule has 2 aromatic rings. The first kappa shape index (κ1) is 9.16. The van der Waals surface area contributed by atoms with E-state index in [0.717, 1.165) is 0 Å². The van der Waals surface area contributed by atoms with Crippen molar-refractivity contribution in [2.24, 2.45) is 7.05 Å². The maximum Gasteiger partial charge on any atom is 0.190 e. The molecule has 14 heavy (non-hydrogen) atoms. The minimum atomic E-state index is -0.422. The van der Waals surface area contributed by atoms with E-state index in [4.69, 9.17) is 6.57 Å². The highest BCUT2D eigenvalue weighted by Gasteiger charge is 2.11. The van der Waals surface area contributed by atoms with E-state index in [1.165, 1.54) is 10.7 Å². The monoisotopic (exact) mass is 253 g/mol. The summed E-state index contributed by atoms with van der Waals surface area (Å²) in [6.45, 7) is 6.81. The molecule has 0 unspecified atom stereocenters. The molecule has 1 aromatic heterocycles. The SMILES string of the molecule is [C-]#[N+]c1cc(F)c2c(c1)c(Br)nn2C. The molecule has 0 bridgehead atoms. The first-order chi connectivity index (χ1) is 6.63. The molecular formula is C9H5BrFN3. The van der Waals surface area contributed by atoms with Crippen LogP contribution in [0.15, 0.2) is 16.7 Å². The van der Waals surface area contributed by atoms with E-state index < -0.39 is 5.82 Å². The maximum atomic E-state index is 13.5. The lowest BCUT2D eigenvalue weighted by Gasteiger charge is -1.96. The minimum Gasteiger partial charge on any atom is -0.264 e. The summed E-state index contributed by atoms with van der Waals surface area (Å²) in [4.78, 5) is 3.18. The molecule has 0 saturated heterocycles. The first-order valence-electron chi connectivity index (χ1n) is 3.82. The maximum absolute atomic E-state index is 13.5. The molecule has 0 spiro atoms. The van der Waals surface area contributed by atoms with Gasteiger partial charge < -0.3 is 0 Å². The van der Waals surface area contributed by atoms with Crippen LogP contribution in [0.3, 0.4) is 0 Å². The molecule has 0 amide bonds. The Morgan fingerprint density at radius 3 is 2.93 bits per heavy atom. The van der Waals surface area contributed by atoms with Crippen LogP contribution < -0.4 is 0 Å². The summed E-state index contributed by atoms with van der Waals surface area (Å²) >= 11 is 3.21. The van der Waals surface area contributed by atoms with Crippen LogP contribution in [0.1, 0.15) is 0 Å². The molecule has 0 aliphatic heterocycles. The van der Waals surface area contributed by atoms with Gasteiger partial charge in [-0.25, -0.2) is 9.24 Å². The van der Waals surface area contributed by atoms with E-state index in [0.29, 0.717) is 15.5 Å². The second-order valence-corrected chi connectivity index (χ2v) is 3.60. The summed E-state index contributed by atoms with van der Waals surface area (Å²) in [5.41, 5.74) is 0.688. The third kappa shape index (κ3) is 1.19. The van der Waals surface area contributed by atoms with Crippen molar-refractivity contribution in [1.82, 2.24) is 9.78 Å². The molecule has 0 aliphatic rings. The minimum absolute atomic E-state index is 0.281. The molecule has 5 heteroatoms. The molecular weight excluding hydrogens is 249 g/mol. The van der Waals surface area contributed by atoms with E-state index in [2.05, 4.69) is 25.9 Å². The van der Waals surface area contributed by atoms with Gasteiger partial charge in [0.05, 0.1) is 6.57 Å². The van der Waals surface area contributed by atoms with Gasteiger partial charge in [0.1, 0.15) is 15.9 Å². The van der Waals surface area contributed by atoms with Crippen molar-refractivity contribution >= 4 is 32.5 Å². The number of aryl methyl sites for hydroxylation is 1. The lowest BCUT2D eigenvalue weighted by atomic mass is 10.2. The van der Waals surface area contributed by atoms with Crippen LogP contribution in [-0.2, 0) is 7.05 Å². The fourth-order valence-corrected chi connectivity index (χ4v) is 1.91. The number of aromatic nitrogens is 2. The molecule has 0 radical (unpaired) electrons. The van der Waals surface area contributed by atoms with Crippen LogP contribution in [0.5, 0.6) is 0 Å². The Hall–Kier alpha value is -1.41. The number of rotatable bonds is 0. The Bertz CT molecular complexity index is 553. The number of fused-ring (bicyclic) bond motifs is 1. The number of hydrogen-bond donors (Lipinski definition) is 0. The third-order valence-electron chi connectivity index (χ3n) is 1.96. The van der Waals surface area contributed by atoms with Gasteiger partial charge in [-0.1, -0.05) is 0 Å². The average Bonchev–Trinajstić information content (AvgIpc) is 2.42. The molecule has 3 nitrogen and oxygen atoms in total. The Kier molecular flexibility index (Phi) is 2.01. The van der Waals surface area contributed by atoms with Gasteiger partial charge in [-0.2, -0.15) is 5.10 Å². The standard InChI is InChI=1S/C9H5BrFN3/c1-12-5-3-6-8(7(11)4-5)14(2)13-9(6)10/h3-4H,2H3.